The minimum atomic E-state index is -0.131. The first-order chi connectivity index (χ1) is 8.56. The van der Waals surface area contributed by atoms with E-state index in [1.807, 2.05) is 13.8 Å². The Morgan fingerprint density at radius 2 is 2.22 bits per heavy atom. The Hall–Kier alpha value is -2.30. The van der Waals surface area contributed by atoms with Crippen molar-refractivity contribution in [2.75, 3.05) is 5.32 Å². The fraction of sp³-hybridized carbons (Fsp3) is 0.231. The Labute approximate surface area is 105 Å². The van der Waals surface area contributed by atoms with E-state index in [9.17, 15) is 9.90 Å². The standard InChI is InChI=1S/C13H15N3O2/c1-8-13(9(2)16-15-8)14-12(18)7-10-4-3-5-11(17)6-10/h3-6,17H,7H2,1-2H3,(H,14,18)(H,15,16). The number of hydrogen-bond donors (Lipinski definition) is 3. The van der Waals surface area contributed by atoms with Crippen LogP contribution >= 0.6 is 0 Å². The molecule has 0 atom stereocenters. The highest BCUT2D eigenvalue weighted by molar-refractivity contribution is 5.93. The SMILES string of the molecule is Cc1n[nH]c(C)c1NC(=O)Cc1cccc(O)c1. The number of aromatic hydroxyl groups is 1. The fourth-order valence-corrected chi connectivity index (χ4v) is 1.77. The number of carbonyl (C=O) groups excluding carboxylic acids is 1. The molecule has 3 N–H and O–H groups in total. The lowest BCUT2D eigenvalue weighted by Crippen LogP contribution is -2.15. The van der Waals surface area contributed by atoms with Crippen LogP contribution in [0.25, 0.3) is 0 Å². The van der Waals surface area contributed by atoms with E-state index in [-0.39, 0.29) is 18.1 Å². The quantitative estimate of drug-likeness (QED) is 0.773. The minimum Gasteiger partial charge on any atom is -0.508 e. The van der Waals surface area contributed by atoms with Crippen molar-refractivity contribution in [1.29, 1.82) is 0 Å². The van der Waals surface area contributed by atoms with Crippen LogP contribution in [0.4, 0.5) is 5.69 Å². The van der Waals surface area contributed by atoms with E-state index < -0.39 is 0 Å². The van der Waals surface area contributed by atoms with E-state index >= 15 is 0 Å². The molecule has 0 spiro atoms. The second-order valence-electron chi connectivity index (χ2n) is 4.20. The fourth-order valence-electron chi connectivity index (χ4n) is 1.77. The van der Waals surface area contributed by atoms with Crippen molar-refractivity contribution in [3.8, 4) is 5.75 Å². The molecule has 18 heavy (non-hydrogen) atoms. The zero-order valence-electron chi connectivity index (χ0n) is 10.3. The summed E-state index contributed by atoms with van der Waals surface area (Å²) >= 11 is 0. The summed E-state index contributed by atoms with van der Waals surface area (Å²) < 4.78 is 0. The smallest absolute Gasteiger partial charge is 0.228 e. The van der Waals surface area contributed by atoms with Crippen molar-refractivity contribution in [2.45, 2.75) is 20.3 Å². The second kappa shape index (κ2) is 4.91. The van der Waals surface area contributed by atoms with E-state index in [2.05, 4.69) is 15.5 Å². The Kier molecular flexibility index (Phi) is 3.32. The van der Waals surface area contributed by atoms with Gasteiger partial charge >= 0.3 is 0 Å². The molecule has 0 unspecified atom stereocenters. The van der Waals surface area contributed by atoms with Crippen molar-refractivity contribution >= 4 is 11.6 Å². The maximum absolute atomic E-state index is 11.9. The molecule has 5 nitrogen and oxygen atoms in total. The molecule has 0 aliphatic carbocycles. The summed E-state index contributed by atoms with van der Waals surface area (Å²) in [6.45, 7) is 3.68. The Morgan fingerprint density at radius 1 is 1.44 bits per heavy atom. The first kappa shape index (κ1) is 12.2. The van der Waals surface area contributed by atoms with Crippen LogP contribution < -0.4 is 5.32 Å². The molecule has 0 bridgehead atoms. The highest BCUT2D eigenvalue weighted by atomic mass is 16.3. The lowest BCUT2D eigenvalue weighted by atomic mass is 10.1. The normalized spacial score (nSPS) is 10.3. The monoisotopic (exact) mass is 245 g/mol. The third-order valence-corrected chi connectivity index (χ3v) is 2.67. The average Bonchev–Trinajstić information content (AvgIpc) is 2.61. The summed E-state index contributed by atoms with van der Waals surface area (Å²) in [5, 5.41) is 19.0. The van der Waals surface area contributed by atoms with Crippen LogP contribution in [0.3, 0.4) is 0 Å². The van der Waals surface area contributed by atoms with Gasteiger partial charge in [-0.3, -0.25) is 9.89 Å². The molecule has 2 rings (SSSR count). The van der Waals surface area contributed by atoms with Crippen molar-refractivity contribution < 1.29 is 9.90 Å². The van der Waals surface area contributed by atoms with Crippen LogP contribution in [0.15, 0.2) is 24.3 Å². The number of rotatable bonds is 3. The van der Waals surface area contributed by atoms with E-state index in [1.165, 1.54) is 0 Å². The lowest BCUT2D eigenvalue weighted by molar-refractivity contribution is -0.115. The van der Waals surface area contributed by atoms with Crippen molar-refractivity contribution in [3.05, 3.63) is 41.2 Å². The van der Waals surface area contributed by atoms with Gasteiger partial charge in [0, 0.05) is 0 Å². The number of hydrogen-bond acceptors (Lipinski definition) is 3. The lowest BCUT2D eigenvalue weighted by Gasteiger charge is -2.05. The number of phenolic OH excluding ortho intramolecular Hbond substituents is 1. The van der Waals surface area contributed by atoms with Gasteiger partial charge in [0.05, 0.1) is 23.5 Å². The predicted molar refractivity (Wildman–Crippen MR) is 68.5 cm³/mol. The molecular formula is C13H15N3O2. The van der Waals surface area contributed by atoms with Crippen LogP contribution in [-0.4, -0.2) is 21.2 Å². The first-order valence-electron chi connectivity index (χ1n) is 5.65. The number of nitrogens with zero attached hydrogens (tertiary/aromatic N) is 1. The summed E-state index contributed by atoms with van der Waals surface area (Å²) in [4.78, 5) is 11.9. The summed E-state index contributed by atoms with van der Waals surface area (Å²) in [5.74, 6) is 0.0316. The first-order valence-corrected chi connectivity index (χ1v) is 5.65. The number of aryl methyl sites for hydroxylation is 2. The Morgan fingerprint density at radius 3 is 2.83 bits per heavy atom. The van der Waals surface area contributed by atoms with Gasteiger partial charge in [-0.2, -0.15) is 5.10 Å². The minimum absolute atomic E-state index is 0.131. The van der Waals surface area contributed by atoms with Gasteiger partial charge in [0.1, 0.15) is 5.75 Å². The van der Waals surface area contributed by atoms with E-state index in [4.69, 9.17) is 0 Å². The second-order valence-corrected chi connectivity index (χ2v) is 4.20. The molecule has 0 saturated heterocycles. The predicted octanol–water partition coefficient (Wildman–Crippen LogP) is 1.91. The summed E-state index contributed by atoms with van der Waals surface area (Å²) in [6, 6.07) is 6.67. The maximum atomic E-state index is 11.9. The number of amides is 1. The van der Waals surface area contributed by atoms with Crippen LogP contribution in [-0.2, 0) is 11.2 Å². The number of nitrogens with one attached hydrogen (secondary N) is 2. The molecule has 0 aliphatic heterocycles. The Balaban J connectivity index is 2.06. The van der Waals surface area contributed by atoms with Crippen molar-refractivity contribution in [1.82, 2.24) is 10.2 Å². The number of H-pyrrole nitrogens is 1. The number of phenols is 1. The van der Waals surface area contributed by atoms with Gasteiger partial charge in [0.2, 0.25) is 5.91 Å². The van der Waals surface area contributed by atoms with Gasteiger partial charge in [-0.15, -0.1) is 0 Å². The number of aromatic amines is 1. The molecular weight excluding hydrogens is 230 g/mol. The van der Waals surface area contributed by atoms with Gasteiger partial charge in [0.15, 0.2) is 0 Å². The molecule has 1 aromatic carbocycles. The highest BCUT2D eigenvalue weighted by Gasteiger charge is 2.10. The zero-order chi connectivity index (χ0) is 13.1. The third kappa shape index (κ3) is 2.68. The van der Waals surface area contributed by atoms with Crippen molar-refractivity contribution in [3.63, 3.8) is 0 Å². The molecule has 1 heterocycles. The van der Waals surface area contributed by atoms with Crippen LogP contribution in [0.5, 0.6) is 5.75 Å². The van der Waals surface area contributed by atoms with Gasteiger partial charge in [-0.25, -0.2) is 0 Å². The summed E-state index contributed by atoms with van der Waals surface area (Å²) in [6.07, 6.45) is 0.221. The van der Waals surface area contributed by atoms with E-state index in [1.54, 1.807) is 24.3 Å². The molecule has 2 aromatic rings. The number of carbonyl (C=O) groups is 1. The van der Waals surface area contributed by atoms with Gasteiger partial charge in [-0.1, -0.05) is 12.1 Å². The molecule has 0 saturated carbocycles. The third-order valence-electron chi connectivity index (χ3n) is 2.67. The van der Waals surface area contributed by atoms with Crippen LogP contribution in [0, 0.1) is 13.8 Å². The van der Waals surface area contributed by atoms with Gasteiger partial charge in [0.25, 0.3) is 0 Å². The largest absolute Gasteiger partial charge is 0.508 e. The topological polar surface area (TPSA) is 78.0 Å². The van der Waals surface area contributed by atoms with E-state index in [0.29, 0.717) is 0 Å². The zero-order valence-corrected chi connectivity index (χ0v) is 10.3. The molecule has 0 radical (unpaired) electrons. The van der Waals surface area contributed by atoms with Gasteiger partial charge < -0.3 is 10.4 Å². The summed E-state index contributed by atoms with van der Waals surface area (Å²) in [7, 11) is 0. The molecule has 1 aromatic heterocycles. The Bertz CT molecular complexity index is 556. The van der Waals surface area contributed by atoms with Crippen LogP contribution in [0.1, 0.15) is 17.0 Å². The number of anilines is 1. The number of aromatic nitrogens is 2. The molecule has 1 amide bonds. The maximum Gasteiger partial charge on any atom is 0.228 e. The van der Waals surface area contributed by atoms with Crippen molar-refractivity contribution in [2.24, 2.45) is 0 Å². The van der Waals surface area contributed by atoms with E-state index in [0.717, 1.165) is 22.6 Å². The highest BCUT2D eigenvalue weighted by Crippen LogP contribution is 2.17. The number of benzene rings is 1. The summed E-state index contributed by atoms with van der Waals surface area (Å²) in [5.41, 5.74) is 3.08. The molecule has 0 aliphatic rings. The molecule has 0 fully saturated rings. The van der Waals surface area contributed by atoms with Crippen LogP contribution in [0.2, 0.25) is 0 Å². The average molecular weight is 245 g/mol. The molecule has 5 heteroatoms. The van der Waals surface area contributed by atoms with Gasteiger partial charge in [-0.05, 0) is 31.5 Å². The molecule has 94 valence electrons.